The van der Waals surface area contributed by atoms with Gasteiger partial charge in [0, 0.05) is 70.6 Å². The van der Waals surface area contributed by atoms with Crippen molar-refractivity contribution in [2.75, 3.05) is 52.6 Å². The third-order valence-electron chi connectivity index (χ3n) is 11.6. The topological polar surface area (TPSA) is 141 Å². The van der Waals surface area contributed by atoms with Crippen molar-refractivity contribution in [3.05, 3.63) is 165 Å². The largest absolute Gasteiger partial charge is 0.491 e. The van der Waals surface area contributed by atoms with E-state index in [1.54, 1.807) is 22.7 Å². The molecule has 2 aromatic heterocycles. The minimum Gasteiger partial charge on any atom is -0.491 e. The first-order valence-corrected chi connectivity index (χ1v) is 25.3. The van der Waals surface area contributed by atoms with Crippen molar-refractivity contribution in [2.45, 2.75) is 88.9 Å². The summed E-state index contributed by atoms with van der Waals surface area (Å²) in [5, 5.41) is 44.0. The molecule has 11 nitrogen and oxygen atoms in total. The fourth-order valence-corrected chi connectivity index (χ4v) is 9.95. The highest BCUT2D eigenvalue weighted by atomic mass is 32.1. The molecular weight excluding hydrogens is 897 g/mol. The Kier molecular flexibility index (Phi) is 21.8. The van der Waals surface area contributed by atoms with E-state index in [0.29, 0.717) is 62.0 Å². The van der Waals surface area contributed by atoms with Gasteiger partial charge in [-0.2, -0.15) is 0 Å². The van der Waals surface area contributed by atoms with Crippen molar-refractivity contribution in [2.24, 2.45) is 0 Å². The normalized spacial score (nSPS) is 14.2. The third-order valence-corrected chi connectivity index (χ3v) is 13.9. The monoisotopic (exact) mass is 964 g/mol. The Labute approximate surface area is 410 Å². The van der Waals surface area contributed by atoms with Crippen molar-refractivity contribution in [1.82, 2.24) is 9.80 Å². The van der Waals surface area contributed by atoms with Gasteiger partial charge in [-0.05, 0) is 112 Å². The quantitative estimate of drug-likeness (QED) is 0.0326. The Bertz CT molecular complexity index is 2020. The van der Waals surface area contributed by atoms with E-state index in [1.165, 1.54) is 9.75 Å². The highest BCUT2D eigenvalue weighted by Gasteiger charge is 2.24. The lowest BCUT2D eigenvalue weighted by Gasteiger charge is -2.32. The molecule has 0 bridgehead atoms. The van der Waals surface area contributed by atoms with E-state index in [4.69, 9.17) is 18.9 Å². The van der Waals surface area contributed by atoms with Gasteiger partial charge in [0.2, 0.25) is 0 Å². The number of hydrogen-bond acceptors (Lipinski definition) is 13. The number of ether oxygens (including phenoxy) is 4. The summed E-state index contributed by atoms with van der Waals surface area (Å²) >= 11 is 3.33. The van der Waals surface area contributed by atoms with Crippen LogP contribution in [0.3, 0.4) is 0 Å². The van der Waals surface area contributed by atoms with Crippen LogP contribution < -0.4 is 18.9 Å². The number of aliphatic hydroxyl groups excluding tert-OH is 4. The van der Waals surface area contributed by atoms with Gasteiger partial charge in [-0.3, -0.25) is 14.6 Å². The number of nitrogens with zero attached hydrogens (tertiary/aromatic N) is 2. The van der Waals surface area contributed by atoms with Gasteiger partial charge >= 0.3 is 0 Å². The summed E-state index contributed by atoms with van der Waals surface area (Å²) in [7, 11) is 0. The molecule has 13 heteroatoms. The van der Waals surface area contributed by atoms with E-state index < -0.39 is 24.4 Å². The number of aryl methyl sites for hydroxylation is 2. The standard InChI is InChI=1S/C55H68N2O9S2/c1-41(56(33-44(59)37-63-48-15-7-3-8-16-48)34-45(60)38-64-49-17-9-4-10-18-49)23-25-52-27-29-54(67-52)31-43(58)32-55-30-28-53(68-55)26-24-42(2)57(35-46(61)39-65-50-19-11-5-12-20-50)36-47(62)40-66-51-21-13-6-14-22-51/h3-22,27-30,41-42,44-47,59-62H,23-26,31-40H2,1-2H3. The number of carbonyl (C=O) groups excluding carboxylic acids is 1. The molecule has 0 saturated heterocycles. The molecule has 6 aromatic rings. The fourth-order valence-electron chi connectivity index (χ4n) is 7.82. The number of carbonyl (C=O) groups is 1. The zero-order chi connectivity index (χ0) is 47.9. The van der Waals surface area contributed by atoms with Crippen LogP contribution in [0.25, 0.3) is 0 Å². The van der Waals surface area contributed by atoms with Crippen molar-refractivity contribution < 1.29 is 44.2 Å². The second-order valence-corrected chi connectivity index (χ2v) is 19.9. The Balaban J connectivity index is 0.959. The van der Waals surface area contributed by atoms with Crippen LogP contribution in [0.2, 0.25) is 0 Å². The second kappa shape index (κ2) is 28.4. The van der Waals surface area contributed by atoms with Gasteiger partial charge in [-0.25, -0.2) is 0 Å². The van der Waals surface area contributed by atoms with E-state index in [9.17, 15) is 25.2 Å². The maximum Gasteiger partial charge on any atom is 0.143 e. The fraction of sp³-hybridized carbons (Fsp3) is 0.400. The Morgan fingerprint density at radius 3 is 0.971 bits per heavy atom. The number of ketones is 1. The van der Waals surface area contributed by atoms with E-state index >= 15 is 0 Å². The van der Waals surface area contributed by atoms with Crippen molar-refractivity contribution in [3.8, 4) is 23.0 Å². The minimum absolute atomic E-state index is 0.0382. The highest BCUT2D eigenvalue weighted by molar-refractivity contribution is 7.12. The van der Waals surface area contributed by atoms with E-state index in [-0.39, 0.29) is 44.3 Å². The van der Waals surface area contributed by atoms with Crippen LogP contribution >= 0.6 is 22.7 Å². The number of aliphatic hydroxyl groups is 4. The maximum atomic E-state index is 13.4. The molecular formula is C55H68N2O9S2. The van der Waals surface area contributed by atoms with Gasteiger partial charge in [0.15, 0.2) is 0 Å². The van der Waals surface area contributed by atoms with Crippen LogP contribution in [-0.4, -0.2) is 125 Å². The Morgan fingerprint density at radius 1 is 0.426 bits per heavy atom. The summed E-state index contributed by atoms with van der Waals surface area (Å²) in [6.07, 6.45) is 0.893. The predicted octanol–water partition coefficient (Wildman–Crippen LogP) is 8.17. The van der Waals surface area contributed by atoms with Crippen LogP contribution in [0.1, 0.15) is 46.2 Å². The summed E-state index contributed by atoms with van der Waals surface area (Å²) in [5.41, 5.74) is 0. The molecule has 0 radical (unpaired) electrons. The van der Waals surface area contributed by atoms with Crippen LogP contribution in [0.15, 0.2) is 146 Å². The highest BCUT2D eigenvalue weighted by Crippen LogP contribution is 2.25. The lowest BCUT2D eigenvalue weighted by atomic mass is 10.1. The van der Waals surface area contributed by atoms with E-state index in [2.05, 4.69) is 47.9 Å². The summed E-state index contributed by atoms with van der Waals surface area (Å²) in [4.78, 5) is 22.0. The summed E-state index contributed by atoms with van der Waals surface area (Å²) in [6, 6.07) is 46.1. The zero-order valence-electron chi connectivity index (χ0n) is 39.3. The molecule has 0 spiro atoms. The molecule has 2 heterocycles. The van der Waals surface area contributed by atoms with Crippen LogP contribution in [0, 0.1) is 0 Å². The average molecular weight is 965 g/mol. The number of hydrogen-bond donors (Lipinski definition) is 4. The number of benzene rings is 4. The van der Waals surface area contributed by atoms with Crippen molar-refractivity contribution >= 4 is 28.5 Å². The van der Waals surface area contributed by atoms with Crippen LogP contribution in [0.4, 0.5) is 0 Å². The molecule has 0 aliphatic rings. The molecule has 6 atom stereocenters. The number of rotatable bonds is 32. The molecule has 4 N–H and O–H groups in total. The van der Waals surface area contributed by atoms with Crippen LogP contribution in [0.5, 0.6) is 23.0 Å². The van der Waals surface area contributed by atoms with Gasteiger partial charge in [-0.1, -0.05) is 72.8 Å². The molecule has 364 valence electrons. The second-order valence-electron chi connectivity index (χ2n) is 17.4. The van der Waals surface area contributed by atoms with E-state index in [1.807, 2.05) is 121 Å². The summed E-state index contributed by atoms with van der Waals surface area (Å²) in [6.45, 7) is 6.06. The van der Waals surface area contributed by atoms with Crippen LogP contribution in [-0.2, 0) is 30.5 Å². The first-order valence-electron chi connectivity index (χ1n) is 23.6. The molecule has 0 aliphatic heterocycles. The number of thiophene rings is 2. The first-order chi connectivity index (χ1) is 33.0. The summed E-state index contributed by atoms with van der Waals surface area (Å²) in [5.74, 6) is 2.94. The molecule has 0 aliphatic carbocycles. The van der Waals surface area contributed by atoms with E-state index in [0.717, 1.165) is 35.4 Å². The number of Topliss-reactive ketones (excluding diaryl/α,β-unsaturated/α-hetero) is 1. The Morgan fingerprint density at radius 2 is 0.691 bits per heavy atom. The smallest absolute Gasteiger partial charge is 0.143 e. The zero-order valence-corrected chi connectivity index (χ0v) is 40.9. The minimum atomic E-state index is -0.763. The summed E-state index contributed by atoms with van der Waals surface area (Å²) < 4.78 is 23.3. The predicted molar refractivity (Wildman–Crippen MR) is 272 cm³/mol. The maximum absolute atomic E-state index is 13.4. The molecule has 4 aromatic carbocycles. The molecule has 0 saturated carbocycles. The van der Waals surface area contributed by atoms with Gasteiger partial charge in [0.25, 0.3) is 0 Å². The molecule has 0 fully saturated rings. The molecule has 6 rings (SSSR count). The van der Waals surface area contributed by atoms with Crippen molar-refractivity contribution in [3.63, 3.8) is 0 Å². The average Bonchev–Trinajstić information content (AvgIpc) is 4.01. The molecule has 0 amide bonds. The third kappa shape index (κ3) is 19.1. The van der Waals surface area contributed by atoms with Gasteiger partial charge < -0.3 is 39.4 Å². The van der Waals surface area contributed by atoms with Gasteiger partial charge in [-0.15, -0.1) is 22.7 Å². The lowest BCUT2D eigenvalue weighted by Crippen LogP contribution is -2.46. The Hall–Kier alpha value is -5.09. The SMILES string of the molecule is CC(CCc1ccc(CC(=O)Cc2ccc(CCC(C)N(CC(O)COc3ccccc3)CC(O)COc3ccccc3)s2)s1)N(CC(O)COc1ccccc1)CC(O)COc1ccccc1. The lowest BCUT2D eigenvalue weighted by molar-refractivity contribution is -0.117. The van der Waals surface area contributed by atoms with Gasteiger partial charge in [0.05, 0.1) is 0 Å². The first kappa shape index (κ1) is 52.3. The van der Waals surface area contributed by atoms with Gasteiger partial charge in [0.1, 0.15) is 79.6 Å². The molecule has 68 heavy (non-hydrogen) atoms. The molecule has 6 unspecified atom stereocenters. The van der Waals surface area contributed by atoms with Crippen molar-refractivity contribution in [1.29, 1.82) is 0 Å². The number of para-hydroxylation sites is 4.